The second kappa shape index (κ2) is 6.11. The molecule has 0 spiro atoms. The molecule has 4 rings (SSSR count). The number of benzene rings is 2. The summed E-state index contributed by atoms with van der Waals surface area (Å²) in [6.07, 6.45) is 1.25. The molecule has 2 aliphatic heterocycles. The molecule has 2 amide bonds. The molecular formula is C20H20N2O2. The summed E-state index contributed by atoms with van der Waals surface area (Å²) < 4.78 is 0. The van der Waals surface area contributed by atoms with Gasteiger partial charge < -0.3 is 9.80 Å². The zero-order valence-corrected chi connectivity index (χ0v) is 13.5. The van der Waals surface area contributed by atoms with Crippen LogP contribution in [0.15, 0.2) is 54.6 Å². The second-order valence-electron chi connectivity index (χ2n) is 6.49. The smallest absolute Gasteiger partial charge is 0.242 e. The number of carbonyl (C=O) groups is 2. The zero-order valence-electron chi connectivity index (χ0n) is 13.5. The van der Waals surface area contributed by atoms with Crippen molar-refractivity contribution in [3.8, 4) is 0 Å². The van der Waals surface area contributed by atoms with Gasteiger partial charge in [-0.05, 0) is 23.1 Å². The van der Waals surface area contributed by atoms with Gasteiger partial charge in [-0.2, -0.15) is 0 Å². The highest BCUT2D eigenvalue weighted by molar-refractivity contribution is 5.87. The fourth-order valence-corrected chi connectivity index (χ4v) is 3.75. The third-order valence-corrected chi connectivity index (χ3v) is 5.00. The Balaban J connectivity index is 1.56. The summed E-state index contributed by atoms with van der Waals surface area (Å²) in [5.41, 5.74) is 3.47. The summed E-state index contributed by atoms with van der Waals surface area (Å²) in [5.74, 6) is 0.0828. The van der Waals surface area contributed by atoms with E-state index in [1.165, 1.54) is 11.1 Å². The standard InChI is InChI=1S/C20H20N2O2/c23-19(12-15-6-2-1-3-7-15)21-13-18-17-9-5-4-8-16(17)10-11-22(18)20(24)14-21/h1-9,18H,10-14H2. The Bertz CT molecular complexity index is 772. The van der Waals surface area contributed by atoms with Crippen molar-refractivity contribution in [3.05, 3.63) is 71.3 Å². The van der Waals surface area contributed by atoms with Crippen LogP contribution in [0.2, 0.25) is 0 Å². The number of hydrogen-bond acceptors (Lipinski definition) is 2. The summed E-state index contributed by atoms with van der Waals surface area (Å²) in [6, 6.07) is 18.0. The highest BCUT2D eigenvalue weighted by Crippen LogP contribution is 2.33. The van der Waals surface area contributed by atoms with E-state index >= 15 is 0 Å². The number of hydrogen-bond donors (Lipinski definition) is 0. The number of rotatable bonds is 2. The van der Waals surface area contributed by atoms with Gasteiger partial charge in [0.05, 0.1) is 19.0 Å². The minimum absolute atomic E-state index is 0.00377. The molecule has 4 heteroatoms. The Morgan fingerprint density at radius 3 is 2.62 bits per heavy atom. The fraction of sp³-hybridized carbons (Fsp3) is 0.300. The molecule has 0 radical (unpaired) electrons. The van der Waals surface area contributed by atoms with E-state index in [-0.39, 0.29) is 24.4 Å². The zero-order chi connectivity index (χ0) is 16.5. The first kappa shape index (κ1) is 14.9. The Hall–Kier alpha value is -2.62. The number of piperazine rings is 1. The monoisotopic (exact) mass is 320 g/mol. The molecule has 1 atom stereocenters. The van der Waals surface area contributed by atoms with E-state index in [1.807, 2.05) is 47.4 Å². The topological polar surface area (TPSA) is 40.6 Å². The first-order chi connectivity index (χ1) is 11.7. The summed E-state index contributed by atoms with van der Waals surface area (Å²) in [6.45, 7) is 1.54. The van der Waals surface area contributed by atoms with E-state index in [1.54, 1.807) is 4.90 Å². The normalized spacial score (nSPS) is 19.7. The number of fused-ring (bicyclic) bond motifs is 3. The molecule has 2 aromatic carbocycles. The maximum atomic E-state index is 12.7. The summed E-state index contributed by atoms with van der Waals surface area (Å²) in [7, 11) is 0. The molecule has 0 saturated carbocycles. The van der Waals surface area contributed by atoms with Crippen LogP contribution < -0.4 is 0 Å². The quantitative estimate of drug-likeness (QED) is 0.851. The lowest BCUT2D eigenvalue weighted by molar-refractivity contribution is -0.149. The van der Waals surface area contributed by atoms with E-state index in [9.17, 15) is 9.59 Å². The van der Waals surface area contributed by atoms with Gasteiger partial charge in [0.25, 0.3) is 0 Å². The van der Waals surface area contributed by atoms with Crippen LogP contribution >= 0.6 is 0 Å². The molecule has 2 heterocycles. The van der Waals surface area contributed by atoms with Gasteiger partial charge in [-0.15, -0.1) is 0 Å². The van der Waals surface area contributed by atoms with Crippen LogP contribution in [-0.2, 0) is 22.4 Å². The van der Waals surface area contributed by atoms with Crippen molar-refractivity contribution in [1.29, 1.82) is 0 Å². The van der Waals surface area contributed by atoms with Crippen molar-refractivity contribution in [2.24, 2.45) is 0 Å². The lowest BCUT2D eigenvalue weighted by Crippen LogP contribution is -2.55. The Kier molecular flexibility index (Phi) is 3.81. The van der Waals surface area contributed by atoms with Gasteiger partial charge in [-0.3, -0.25) is 9.59 Å². The van der Waals surface area contributed by atoms with Crippen LogP contribution in [0.5, 0.6) is 0 Å². The average molecular weight is 320 g/mol. The lowest BCUT2D eigenvalue weighted by atomic mass is 9.90. The Morgan fingerprint density at radius 2 is 1.79 bits per heavy atom. The molecule has 122 valence electrons. The average Bonchev–Trinajstić information content (AvgIpc) is 2.62. The minimum Gasteiger partial charge on any atom is -0.332 e. The molecule has 1 fully saturated rings. The van der Waals surface area contributed by atoms with Crippen LogP contribution in [-0.4, -0.2) is 41.2 Å². The van der Waals surface area contributed by atoms with Crippen molar-refractivity contribution < 1.29 is 9.59 Å². The number of amides is 2. The Morgan fingerprint density at radius 1 is 1.04 bits per heavy atom. The molecule has 1 saturated heterocycles. The van der Waals surface area contributed by atoms with Gasteiger partial charge in [0, 0.05) is 13.1 Å². The number of carbonyl (C=O) groups excluding carboxylic acids is 2. The first-order valence-electron chi connectivity index (χ1n) is 8.41. The van der Waals surface area contributed by atoms with Crippen molar-refractivity contribution in [1.82, 2.24) is 9.80 Å². The molecule has 2 aromatic rings. The molecule has 0 aliphatic carbocycles. The molecule has 2 aliphatic rings. The van der Waals surface area contributed by atoms with Crippen LogP contribution in [0.4, 0.5) is 0 Å². The summed E-state index contributed by atoms with van der Waals surface area (Å²) in [5, 5.41) is 0. The van der Waals surface area contributed by atoms with Gasteiger partial charge >= 0.3 is 0 Å². The van der Waals surface area contributed by atoms with Gasteiger partial charge in [0.1, 0.15) is 0 Å². The van der Waals surface area contributed by atoms with Gasteiger partial charge in [-0.25, -0.2) is 0 Å². The van der Waals surface area contributed by atoms with E-state index in [0.717, 1.165) is 18.5 Å². The van der Waals surface area contributed by atoms with Gasteiger partial charge in [0.15, 0.2) is 0 Å². The van der Waals surface area contributed by atoms with Crippen LogP contribution in [0.1, 0.15) is 22.7 Å². The van der Waals surface area contributed by atoms with E-state index < -0.39 is 0 Å². The summed E-state index contributed by atoms with van der Waals surface area (Å²) in [4.78, 5) is 28.9. The second-order valence-corrected chi connectivity index (χ2v) is 6.49. The fourth-order valence-electron chi connectivity index (χ4n) is 3.75. The maximum absolute atomic E-state index is 12.7. The van der Waals surface area contributed by atoms with Crippen molar-refractivity contribution >= 4 is 11.8 Å². The largest absolute Gasteiger partial charge is 0.332 e. The molecule has 24 heavy (non-hydrogen) atoms. The molecule has 0 bridgehead atoms. The lowest BCUT2D eigenvalue weighted by Gasteiger charge is -2.44. The summed E-state index contributed by atoms with van der Waals surface area (Å²) >= 11 is 0. The predicted molar refractivity (Wildman–Crippen MR) is 91.3 cm³/mol. The first-order valence-corrected chi connectivity index (χ1v) is 8.41. The number of nitrogens with zero attached hydrogens (tertiary/aromatic N) is 2. The van der Waals surface area contributed by atoms with Gasteiger partial charge in [-0.1, -0.05) is 54.6 Å². The van der Waals surface area contributed by atoms with Gasteiger partial charge in [0.2, 0.25) is 11.8 Å². The van der Waals surface area contributed by atoms with E-state index in [4.69, 9.17) is 0 Å². The van der Waals surface area contributed by atoms with E-state index in [2.05, 4.69) is 12.1 Å². The molecule has 0 aromatic heterocycles. The van der Waals surface area contributed by atoms with Crippen molar-refractivity contribution in [2.75, 3.05) is 19.6 Å². The maximum Gasteiger partial charge on any atom is 0.242 e. The van der Waals surface area contributed by atoms with Crippen LogP contribution in [0, 0.1) is 0 Å². The van der Waals surface area contributed by atoms with Crippen LogP contribution in [0.25, 0.3) is 0 Å². The minimum atomic E-state index is -0.00377. The van der Waals surface area contributed by atoms with Crippen molar-refractivity contribution in [2.45, 2.75) is 18.9 Å². The molecule has 0 N–H and O–H groups in total. The third-order valence-electron chi connectivity index (χ3n) is 5.00. The highest BCUT2D eigenvalue weighted by atomic mass is 16.2. The molecular weight excluding hydrogens is 300 g/mol. The van der Waals surface area contributed by atoms with E-state index in [0.29, 0.717) is 13.0 Å². The van der Waals surface area contributed by atoms with Crippen molar-refractivity contribution in [3.63, 3.8) is 0 Å². The highest BCUT2D eigenvalue weighted by Gasteiger charge is 2.38. The molecule has 4 nitrogen and oxygen atoms in total. The predicted octanol–water partition coefficient (Wildman–Crippen LogP) is 2.20. The SMILES string of the molecule is O=C(Cc1ccccc1)N1CC(=O)N2CCc3ccccc3C2C1. The third kappa shape index (κ3) is 2.68. The molecule has 1 unspecified atom stereocenters. The van der Waals surface area contributed by atoms with Crippen LogP contribution in [0.3, 0.4) is 0 Å². The Labute approximate surface area is 141 Å².